The highest BCUT2D eigenvalue weighted by Gasteiger charge is 2.09. The molecule has 0 aliphatic rings. The monoisotopic (exact) mass is 248 g/mol. The van der Waals surface area contributed by atoms with E-state index in [9.17, 15) is 4.39 Å². The van der Waals surface area contributed by atoms with Crippen LogP contribution in [0.2, 0.25) is 0 Å². The first-order valence-corrected chi connectivity index (χ1v) is 6.54. The fourth-order valence-electron chi connectivity index (χ4n) is 2.31. The molecule has 98 valence electrons. The highest BCUT2D eigenvalue weighted by molar-refractivity contribution is 5.84. The van der Waals surface area contributed by atoms with Gasteiger partial charge < -0.3 is 9.47 Å². The SMILES string of the molecule is CCCn1cc(CCN(C)C)c2ccc(F)cc21. The number of likely N-dealkylation sites (N-methyl/N-ethyl adjacent to an activating group) is 1. The van der Waals surface area contributed by atoms with E-state index >= 15 is 0 Å². The Bertz CT molecular complexity index is 529. The van der Waals surface area contributed by atoms with Crippen LogP contribution in [0.1, 0.15) is 18.9 Å². The molecule has 0 atom stereocenters. The number of rotatable bonds is 5. The number of nitrogens with zero attached hydrogens (tertiary/aromatic N) is 2. The number of hydrogen-bond donors (Lipinski definition) is 0. The highest BCUT2D eigenvalue weighted by atomic mass is 19.1. The van der Waals surface area contributed by atoms with E-state index in [1.54, 1.807) is 12.1 Å². The van der Waals surface area contributed by atoms with Crippen molar-refractivity contribution in [3.05, 3.63) is 35.8 Å². The Morgan fingerprint density at radius 2 is 2.06 bits per heavy atom. The topological polar surface area (TPSA) is 8.17 Å². The van der Waals surface area contributed by atoms with E-state index < -0.39 is 0 Å². The fourth-order valence-corrected chi connectivity index (χ4v) is 2.31. The Balaban J connectivity index is 2.40. The number of aromatic nitrogens is 1. The molecule has 2 aromatic rings. The molecule has 1 aromatic heterocycles. The standard InChI is InChI=1S/C15H21FN2/c1-4-8-18-11-12(7-9-17(2)3)14-6-5-13(16)10-15(14)18/h5-6,10-11H,4,7-9H2,1-3H3. The second-order valence-electron chi connectivity index (χ2n) is 5.06. The van der Waals surface area contributed by atoms with Gasteiger partial charge >= 0.3 is 0 Å². The molecule has 0 saturated heterocycles. The number of benzene rings is 1. The lowest BCUT2D eigenvalue weighted by atomic mass is 10.1. The van der Waals surface area contributed by atoms with Crippen LogP contribution < -0.4 is 0 Å². The van der Waals surface area contributed by atoms with Crippen LogP contribution >= 0.6 is 0 Å². The predicted octanol–water partition coefficient (Wildman–Crippen LogP) is 3.29. The van der Waals surface area contributed by atoms with E-state index in [1.165, 1.54) is 10.9 Å². The van der Waals surface area contributed by atoms with Gasteiger partial charge in [0.15, 0.2) is 0 Å². The van der Waals surface area contributed by atoms with Crippen LogP contribution in [0.15, 0.2) is 24.4 Å². The van der Waals surface area contributed by atoms with Crippen LogP contribution in [0.4, 0.5) is 4.39 Å². The van der Waals surface area contributed by atoms with Crippen LogP contribution in [0.3, 0.4) is 0 Å². The zero-order valence-corrected chi connectivity index (χ0v) is 11.4. The molecule has 0 radical (unpaired) electrons. The minimum atomic E-state index is -0.155. The zero-order valence-electron chi connectivity index (χ0n) is 11.4. The van der Waals surface area contributed by atoms with E-state index in [0.717, 1.165) is 31.4 Å². The first kappa shape index (κ1) is 13.1. The third kappa shape index (κ3) is 2.72. The summed E-state index contributed by atoms with van der Waals surface area (Å²) in [6, 6.07) is 5.10. The van der Waals surface area contributed by atoms with Crippen molar-refractivity contribution in [2.24, 2.45) is 0 Å². The van der Waals surface area contributed by atoms with Gasteiger partial charge in [0.1, 0.15) is 5.82 Å². The van der Waals surface area contributed by atoms with Gasteiger partial charge in [-0.2, -0.15) is 0 Å². The van der Waals surface area contributed by atoms with Crippen molar-refractivity contribution >= 4 is 10.9 Å². The number of halogens is 1. The van der Waals surface area contributed by atoms with Gasteiger partial charge in [0.2, 0.25) is 0 Å². The number of hydrogen-bond acceptors (Lipinski definition) is 1. The number of fused-ring (bicyclic) bond motifs is 1. The maximum Gasteiger partial charge on any atom is 0.125 e. The van der Waals surface area contributed by atoms with Crippen molar-refractivity contribution < 1.29 is 4.39 Å². The smallest absolute Gasteiger partial charge is 0.125 e. The summed E-state index contributed by atoms with van der Waals surface area (Å²) in [4.78, 5) is 2.17. The summed E-state index contributed by atoms with van der Waals surface area (Å²) in [6.07, 6.45) is 4.25. The zero-order chi connectivity index (χ0) is 13.1. The molecule has 3 heteroatoms. The minimum absolute atomic E-state index is 0.155. The molecule has 0 aliphatic heterocycles. The summed E-state index contributed by atoms with van der Waals surface area (Å²) >= 11 is 0. The molecule has 0 saturated carbocycles. The molecule has 0 aliphatic carbocycles. The van der Waals surface area contributed by atoms with Crippen molar-refractivity contribution in [2.75, 3.05) is 20.6 Å². The molecule has 0 amide bonds. The molecule has 0 N–H and O–H groups in total. The van der Waals surface area contributed by atoms with Crippen molar-refractivity contribution in [3.8, 4) is 0 Å². The van der Waals surface area contributed by atoms with Gasteiger partial charge in [-0.05, 0) is 50.7 Å². The van der Waals surface area contributed by atoms with Crippen LogP contribution in [0.25, 0.3) is 10.9 Å². The van der Waals surface area contributed by atoms with Gasteiger partial charge in [0.25, 0.3) is 0 Å². The van der Waals surface area contributed by atoms with Crippen molar-refractivity contribution in [1.82, 2.24) is 9.47 Å². The predicted molar refractivity (Wildman–Crippen MR) is 74.4 cm³/mol. The lowest BCUT2D eigenvalue weighted by Gasteiger charge is -2.07. The summed E-state index contributed by atoms with van der Waals surface area (Å²) in [5.41, 5.74) is 2.33. The summed E-state index contributed by atoms with van der Waals surface area (Å²) < 4.78 is 15.5. The molecular weight excluding hydrogens is 227 g/mol. The second kappa shape index (κ2) is 5.53. The van der Waals surface area contributed by atoms with Crippen molar-refractivity contribution in [3.63, 3.8) is 0 Å². The lowest BCUT2D eigenvalue weighted by molar-refractivity contribution is 0.414. The first-order valence-electron chi connectivity index (χ1n) is 6.54. The van der Waals surface area contributed by atoms with Gasteiger partial charge in [-0.15, -0.1) is 0 Å². The number of aryl methyl sites for hydroxylation is 1. The molecule has 2 rings (SSSR count). The molecular formula is C15H21FN2. The first-order chi connectivity index (χ1) is 8.61. The Kier molecular flexibility index (Phi) is 4.02. The van der Waals surface area contributed by atoms with E-state index in [2.05, 4.69) is 36.7 Å². The summed E-state index contributed by atoms with van der Waals surface area (Å²) in [5, 5.41) is 1.19. The normalized spacial score (nSPS) is 11.6. The molecule has 1 aromatic carbocycles. The largest absolute Gasteiger partial charge is 0.347 e. The molecule has 2 nitrogen and oxygen atoms in total. The Hall–Kier alpha value is -1.35. The van der Waals surface area contributed by atoms with E-state index in [4.69, 9.17) is 0 Å². The summed E-state index contributed by atoms with van der Waals surface area (Å²) in [6.45, 7) is 4.11. The Morgan fingerprint density at radius 1 is 1.28 bits per heavy atom. The summed E-state index contributed by atoms with van der Waals surface area (Å²) in [7, 11) is 4.15. The van der Waals surface area contributed by atoms with Crippen LogP contribution in [0.5, 0.6) is 0 Å². The van der Waals surface area contributed by atoms with Gasteiger partial charge in [0.05, 0.1) is 5.52 Å². The van der Waals surface area contributed by atoms with E-state index in [0.29, 0.717) is 0 Å². The Morgan fingerprint density at radius 3 is 2.72 bits per heavy atom. The van der Waals surface area contributed by atoms with Gasteiger partial charge in [-0.3, -0.25) is 0 Å². The molecule has 18 heavy (non-hydrogen) atoms. The third-order valence-corrected chi connectivity index (χ3v) is 3.22. The summed E-state index contributed by atoms with van der Waals surface area (Å²) in [5.74, 6) is -0.155. The van der Waals surface area contributed by atoms with Gasteiger partial charge in [-0.1, -0.05) is 6.92 Å². The van der Waals surface area contributed by atoms with Crippen LogP contribution in [-0.2, 0) is 13.0 Å². The van der Waals surface area contributed by atoms with Crippen LogP contribution in [0, 0.1) is 5.82 Å². The van der Waals surface area contributed by atoms with Crippen molar-refractivity contribution in [1.29, 1.82) is 0 Å². The Labute approximate surface area is 108 Å². The van der Waals surface area contributed by atoms with Gasteiger partial charge in [0, 0.05) is 24.7 Å². The molecule has 0 spiro atoms. The van der Waals surface area contributed by atoms with E-state index in [1.807, 2.05) is 6.07 Å². The second-order valence-corrected chi connectivity index (χ2v) is 5.06. The third-order valence-electron chi connectivity index (χ3n) is 3.22. The molecule has 1 heterocycles. The van der Waals surface area contributed by atoms with E-state index in [-0.39, 0.29) is 5.82 Å². The maximum absolute atomic E-state index is 13.4. The average Bonchev–Trinajstić information content (AvgIpc) is 2.65. The quantitative estimate of drug-likeness (QED) is 0.788. The van der Waals surface area contributed by atoms with Crippen LogP contribution in [-0.4, -0.2) is 30.1 Å². The molecule has 0 unspecified atom stereocenters. The fraction of sp³-hybridized carbons (Fsp3) is 0.467. The highest BCUT2D eigenvalue weighted by Crippen LogP contribution is 2.23. The minimum Gasteiger partial charge on any atom is -0.347 e. The van der Waals surface area contributed by atoms with Crippen molar-refractivity contribution in [2.45, 2.75) is 26.3 Å². The molecule has 0 fully saturated rings. The lowest BCUT2D eigenvalue weighted by Crippen LogP contribution is -2.14. The van der Waals surface area contributed by atoms with Gasteiger partial charge in [-0.25, -0.2) is 4.39 Å². The maximum atomic E-state index is 13.4. The molecule has 0 bridgehead atoms. The average molecular weight is 248 g/mol.